The minimum Gasteiger partial charge on any atom is -0.481 e. The highest BCUT2D eigenvalue weighted by Crippen LogP contribution is 2.34. The molecule has 0 saturated heterocycles. The summed E-state index contributed by atoms with van der Waals surface area (Å²) in [6.07, 6.45) is 2.81. The number of rotatable bonds is 2. The number of aryl methyl sites for hydroxylation is 1. The lowest BCUT2D eigenvalue weighted by molar-refractivity contribution is 0.397. The Bertz CT molecular complexity index is 801. The molecule has 3 aromatic heterocycles. The van der Waals surface area contributed by atoms with Crippen LogP contribution in [-0.2, 0) is 0 Å². The maximum absolute atomic E-state index is 13.5. The number of hydrogen-bond acceptors (Lipinski definition) is 3. The molecule has 3 aromatic rings. The summed E-state index contributed by atoms with van der Waals surface area (Å²) in [5, 5.41) is 1.32. The normalized spacial score (nSPS) is 10.3. The Morgan fingerprint density at radius 2 is 1.91 bits per heavy atom. The number of methoxy groups -OCH3 is 1. The highest BCUT2D eigenvalue weighted by Gasteiger charge is 2.16. The molecule has 0 spiro atoms. The van der Waals surface area contributed by atoms with Crippen molar-refractivity contribution < 1.29 is 9.13 Å². The number of ether oxygens (including phenoxy) is 1. The van der Waals surface area contributed by atoms with E-state index in [2.05, 4.69) is 15.0 Å². The molecular formula is C16H17ClFN3O. The maximum atomic E-state index is 13.5. The minimum absolute atomic E-state index is 0.361. The molecule has 0 atom stereocenters. The molecule has 0 aromatic carbocycles. The lowest BCUT2D eigenvalue weighted by atomic mass is 10.1. The number of hydrogen-bond donors (Lipinski definition) is 1. The smallest absolute Gasteiger partial charge is 0.222 e. The van der Waals surface area contributed by atoms with Crippen LogP contribution in [0, 0.1) is 12.7 Å². The van der Waals surface area contributed by atoms with E-state index in [9.17, 15) is 4.39 Å². The van der Waals surface area contributed by atoms with E-state index in [1.165, 1.54) is 13.2 Å². The Labute approximate surface area is 133 Å². The first kappa shape index (κ1) is 16.2. The van der Waals surface area contributed by atoms with Gasteiger partial charge in [0.25, 0.3) is 0 Å². The van der Waals surface area contributed by atoms with E-state index in [0.29, 0.717) is 16.6 Å². The summed E-state index contributed by atoms with van der Waals surface area (Å²) in [6, 6.07) is 3.12. The van der Waals surface area contributed by atoms with Crippen molar-refractivity contribution in [2.24, 2.45) is 0 Å². The van der Waals surface area contributed by atoms with Gasteiger partial charge in [-0.25, -0.2) is 14.4 Å². The molecule has 1 N–H and O–H groups in total. The molecule has 0 aliphatic heterocycles. The number of H-pyrrole nitrogens is 1. The van der Waals surface area contributed by atoms with Crippen molar-refractivity contribution in [3.8, 4) is 17.1 Å². The number of nitrogens with one attached hydrogen (secondary N) is 1. The number of pyridine rings is 2. The number of aromatic amines is 1. The lowest BCUT2D eigenvalue weighted by Gasteiger charge is -2.06. The van der Waals surface area contributed by atoms with Gasteiger partial charge in [-0.3, -0.25) is 0 Å². The summed E-state index contributed by atoms with van der Waals surface area (Å²) in [7, 11) is 1.50. The predicted molar refractivity (Wildman–Crippen MR) is 86.9 cm³/mol. The van der Waals surface area contributed by atoms with Crippen molar-refractivity contribution in [3.05, 3.63) is 41.1 Å². The second-order valence-corrected chi connectivity index (χ2v) is 4.78. The minimum atomic E-state index is -0.421. The first-order chi connectivity index (χ1) is 10.6. The van der Waals surface area contributed by atoms with E-state index < -0.39 is 5.82 Å². The molecule has 0 unspecified atom stereocenters. The van der Waals surface area contributed by atoms with Crippen molar-refractivity contribution in [1.82, 2.24) is 15.0 Å². The van der Waals surface area contributed by atoms with Crippen LogP contribution in [-0.4, -0.2) is 22.1 Å². The van der Waals surface area contributed by atoms with Crippen LogP contribution < -0.4 is 4.74 Å². The van der Waals surface area contributed by atoms with E-state index in [1.54, 1.807) is 12.3 Å². The Hall–Kier alpha value is -2.14. The van der Waals surface area contributed by atoms with Crippen LogP contribution >= 0.6 is 11.6 Å². The largest absolute Gasteiger partial charge is 0.481 e. The zero-order valence-corrected chi connectivity index (χ0v) is 13.6. The molecule has 0 fully saturated rings. The van der Waals surface area contributed by atoms with E-state index in [4.69, 9.17) is 16.3 Å². The maximum Gasteiger partial charge on any atom is 0.222 e. The van der Waals surface area contributed by atoms with Crippen molar-refractivity contribution in [1.29, 1.82) is 0 Å². The van der Waals surface area contributed by atoms with Crippen LogP contribution in [0.3, 0.4) is 0 Å². The van der Waals surface area contributed by atoms with Gasteiger partial charge in [0.05, 0.1) is 30.1 Å². The number of halogens is 2. The molecular weight excluding hydrogens is 305 g/mol. The molecule has 3 heterocycles. The summed E-state index contributed by atoms with van der Waals surface area (Å²) >= 11 is 5.88. The van der Waals surface area contributed by atoms with Crippen molar-refractivity contribution in [2.75, 3.05) is 7.11 Å². The number of fused-ring (bicyclic) bond motifs is 1. The van der Waals surface area contributed by atoms with Crippen LogP contribution in [0.15, 0.2) is 24.5 Å². The van der Waals surface area contributed by atoms with Gasteiger partial charge in [-0.1, -0.05) is 25.4 Å². The van der Waals surface area contributed by atoms with Crippen LogP contribution in [0.4, 0.5) is 4.39 Å². The van der Waals surface area contributed by atoms with Gasteiger partial charge >= 0.3 is 0 Å². The third-order valence-electron chi connectivity index (χ3n) is 3.19. The van der Waals surface area contributed by atoms with Crippen molar-refractivity contribution in [3.63, 3.8) is 0 Å². The van der Waals surface area contributed by atoms with Crippen LogP contribution in [0.1, 0.15) is 19.4 Å². The highest BCUT2D eigenvalue weighted by atomic mass is 35.5. The molecule has 0 radical (unpaired) electrons. The summed E-state index contributed by atoms with van der Waals surface area (Å²) in [5.41, 5.74) is 3.09. The van der Waals surface area contributed by atoms with Gasteiger partial charge in [0, 0.05) is 11.6 Å². The topological polar surface area (TPSA) is 50.8 Å². The van der Waals surface area contributed by atoms with Gasteiger partial charge in [0.15, 0.2) is 0 Å². The highest BCUT2D eigenvalue weighted by molar-refractivity contribution is 6.30. The fourth-order valence-electron chi connectivity index (χ4n) is 2.23. The molecule has 22 heavy (non-hydrogen) atoms. The van der Waals surface area contributed by atoms with E-state index in [1.807, 2.05) is 20.8 Å². The molecule has 0 aliphatic rings. The van der Waals surface area contributed by atoms with E-state index >= 15 is 0 Å². The van der Waals surface area contributed by atoms with E-state index in [-0.39, 0.29) is 0 Å². The van der Waals surface area contributed by atoms with Gasteiger partial charge in [-0.15, -0.1) is 0 Å². The zero-order valence-electron chi connectivity index (χ0n) is 12.9. The number of aromatic nitrogens is 3. The average molecular weight is 322 g/mol. The van der Waals surface area contributed by atoms with E-state index in [0.717, 1.165) is 28.4 Å². The van der Waals surface area contributed by atoms with Crippen LogP contribution in [0.5, 0.6) is 5.88 Å². The standard InChI is InChI=1S/C14H11ClFN3O.C2H6/c1-7-10-6-17-12(15)4-11(10)19-13(7)9-3-8(16)5-18-14(9)20-2;1-2/h3-6,19H,1-2H3;1-2H3. The summed E-state index contributed by atoms with van der Waals surface area (Å²) < 4.78 is 18.6. The monoisotopic (exact) mass is 321 g/mol. The SMILES string of the molecule is CC.COc1ncc(F)cc1-c1[nH]c2cc(Cl)ncc2c1C. The molecule has 0 saturated carbocycles. The summed E-state index contributed by atoms with van der Waals surface area (Å²) in [4.78, 5) is 11.2. The lowest BCUT2D eigenvalue weighted by Crippen LogP contribution is -1.94. The van der Waals surface area contributed by atoms with Gasteiger partial charge in [0.1, 0.15) is 11.0 Å². The predicted octanol–water partition coefficient (Wildman–Crippen LogP) is 4.76. The Morgan fingerprint density at radius 3 is 2.59 bits per heavy atom. The second kappa shape index (κ2) is 6.75. The molecule has 4 nitrogen and oxygen atoms in total. The summed E-state index contributed by atoms with van der Waals surface area (Å²) in [6.45, 7) is 5.92. The Balaban J connectivity index is 0.000000847. The third-order valence-corrected chi connectivity index (χ3v) is 3.40. The number of nitrogens with zero attached hydrogens (tertiary/aromatic N) is 2. The van der Waals surface area contributed by atoms with Crippen LogP contribution in [0.2, 0.25) is 5.15 Å². The molecule has 0 amide bonds. The molecule has 116 valence electrons. The third kappa shape index (κ3) is 2.90. The fourth-order valence-corrected chi connectivity index (χ4v) is 2.39. The van der Waals surface area contributed by atoms with Gasteiger partial charge in [0.2, 0.25) is 5.88 Å². The van der Waals surface area contributed by atoms with Gasteiger partial charge < -0.3 is 9.72 Å². The van der Waals surface area contributed by atoms with Gasteiger partial charge in [-0.2, -0.15) is 0 Å². The molecule has 0 aliphatic carbocycles. The molecule has 0 bridgehead atoms. The summed E-state index contributed by atoms with van der Waals surface area (Å²) in [5.74, 6) is -0.0601. The van der Waals surface area contributed by atoms with Crippen LogP contribution in [0.25, 0.3) is 22.2 Å². The first-order valence-corrected chi connectivity index (χ1v) is 7.31. The zero-order chi connectivity index (χ0) is 16.3. The van der Waals surface area contributed by atoms with Gasteiger partial charge in [-0.05, 0) is 24.6 Å². The molecule has 6 heteroatoms. The van der Waals surface area contributed by atoms with Crippen molar-refractivity contribution in [2.45, 2.75) is 20.8 Å². The quantitative estimate of drug-likeness (QED) is 0.692. The Morgan fingerprint density at radius 1 is 1.18 bits per heavy atom. The first-order valence-electron chi connectivity index (χ1n) is 6.94. The average Bonchev–Trinajstić information content (AvgIpc) is 2.85. The Kier molecular flexibility index (Phi) is 4.98. The van der Waals surface area contributed by atoms with Crippen molar-refractivity contribution >= 4 is 22.5 Å². The second-order valence-electron chi connectivity index (χ2n) is 4.39. The fraction of sp³-hybridized carbons (Fsp3) is 0.250. The molecule has 3 rings (SSSR count).